The third-order valence-corrected chi connectivity index (χ3v) is 5.23. The number of rotatable bonds is 6. The van der Waals surface area contributed by atoms with Gasteiger partial charge in [-0.1, -0.05) is 27.2 Å². The number of hydrogen-bond donors (Lipinski definition) is 2. The van der Waals surface area contributed by atoms with Crippen molar-refractivity contribution in [3.63, 3.8) is 0 Å². The summed E-state index contributed by atoms with van der Waals surface area (Å²) >= 11 is 0. The van der Waals surface area contributed by atoms with Crippen molar-refractivity contribution < 1.29 is 10.2 Å². The molecule has 1 aliphatic carbocycles. The molecule has 0 aromatic heterocycles. The Balaban J connectivity index is 2.57. The summed E-state index contributed by atoms with van der Waals surface area (Å²) in [6.07, 6.45) is 7.27. The minimum absolute atomic E-state index is 0.0606. The highest BCUT2D eigenvalue weighted by atomic mass is 16.3. The maximum absolute atomic E-state index is 9.63. The van der Waals surface area contributed by atoms with Gasteiger partial charge >= 0.3 is 0 Å². The van der Waals surface area contributed by atoms with Crippen LogP contribution in [0, 0.1) is 17.3 Å². The van der Waals surface area contributed by atoms with E-state index in [-0.39, 0.29) is 12.2 Å². The molecule has 1 saturated carbocycles. The fourth-order valence-corrected chi connectivity index (χ4v) is 3.70. The summed E-state index contributed by atoms with van der Waals surface area (Å²) in [7, 11) is 0. The molecule has 0 aromatic carbocycles. The Labute approximate surface area is 113 Å². The standard InChI is InChI=1S/C16H32O2/c1-5-13(7-6-12(2)17)16(3,4)14-8-10-15(18)11-9-14/h12-15,17-18H,5-11H2,1-4H3. The molecule has 1 aliphatic rings. The van der Waals surface area contributed by atoms with Crippen LogP contribution in [0.1, 0.15) is 72.6 Å². The first-order valence-electron chi connectivity index (χ1n) is 7.74. The molecule has 1 fully saturated rings. The average Bonchev–Trinajstić information content (AvgIpc) is 2.29. The third-order valence-electron chi connectivity index (χ3n) is 5.23. The number of aliphatic hydroxyl groups is 2. The summed E-state index contributed by atoms with van der Waals surface area (Å²) < 4.78 is 0. The summed E-state index contributed by atoms with van der Waals surface area (Å²) in [6.45, 7) is 8.94. The fraction of sp³-hybridized carbons (Fsp3) is 1.00. The maximum atomic E-state index is 9.63. The van der Waals surface area contributed by atoms with Crippen LogP contribution in [0.3, 0.4) is 0 Å². The minimum Gasteiger partial charge on any atom is -0.393 e. The molecule has 0 radical (unpaired) electrons. The first kappa shape index (κ1) is 16.0. The van der Waals surface area contributed by atoms with Crippen LogP contribution in [-0.4, -0.2) is 22.4 Å². The van der Waals surface area contributed by atoms with E-state index in [1.54, 1.807) is 0 Å². The van der Waals surface area contributed by atoms with Crippen LogP contribution in [0.2, 0.25) is 0 Å². The van der Waals surface area contributed by atoms with Gasteiger partial charge in [0, 0.05) is 0 Å². The van der Waals surface area contributed by atoms with Crippen molar-refractivity contribution in [3.8, 4) is 0 Å². The first-order valence-corrected chi connectivity index (χ1v) is 7.74. The van der Waals surface area contributed by atoms with Gasteiger partial charge in [-0.3, -0.25) is 0 Å². The molecular formula is C16H32O2. The second-order valence-electron chi connectivity index (χ2n) is 6.86. The van der Waals surface area contributed by atoms with Crippen LogP contribution in [0.5, 0.6) is 0 Å². The van der Waals surface area contributed by atoms with Crippen LogP contribution in [0.15, 0.2) is 0 Å². The predicted molar refractivity (Wildman–Crippen MR) is 76.4 cm³/mol. The van der Waals surface area contributed by atoms with Crippen LogP contribution >= 0.6 is 0 Å². The van der Waals surface area contributed by atoms with Crippen LogP contribution in [0.4, 0.5) is 0 Å². The smallest absolute Gasteiger partial charge is 0.0540 e. The molecule has 2 atom stereocenters. The fourth-order valence-electron chi connectivity index (χ4n) is 3.70. The van der Waals surface area contributed by atoms with E-state index in [0.717, 1.165) is 31.6 Å². The number of hydrogen-bond acceptors (Lipinski definition) is 2. The Morgan fingerprint density at radius 1 is 1.11 bits per heavy atom. The molecule has 18 heavy (non-hydrogen) atoms. The summed E-state index contributed by atoms with van der Waals surface area (Å²) in [5, 5.41) is 19.1. The lowest BCUT2D eigenvalue weighted by Crippen LogP contribution is -2.36. The lowest BCUT2D eigenvalue weighted by atomic mass is 9.62. The van der Waals surface area contributed by atoms with E-state index in [4.69, 9.17) is 0 Å². The molecule has 108 valence electrons. The quantitative estimate of drug-likeness (QED) is 0.760. The van der Waals surface area contributed by atoms with E-state index < -0.39 is 0 Å². The molecule has 0 amide bonds. The normalized spacial score (nSPS) is 29.0. The Kier molecular flexibility index (Phi) is 6.13. The van der Waals surface area contributed by atoms with Gasteiger partial charge in [0.05, 0.1) is 12.2 Å². The summed E-state index contributed by atoms with van der Waals surface area (Å²) in [5.41, 5.74) is 0.337. The van der Waals surface area contributed by atoms with Crippen LogP contribution in [0.25, 0.3) is 0 Å². The predicted octanol–water partition coefficient (Wildman–Crippen LogP) is 3.75. The van der Waals surface area contributed by atoms with Crippen molar-refractivity contribution in [2.75, 3.05) is 0 Å². The molecule has 2 unspecified atom stereocenters. The molecule has 0 saturated heterocycles. The van der Waals surface area contributed by atoms with Gasteiger partial charge in [0.1, 0.15) is 0 Å². The van der Waals surface area contributed by atoms with Crippen molar-refractivity contribution >= 4 is 0 Å². The lowest BCUT2D eigenvalue weighted by molar-refractivity contribution is 0.0254. The van der Waals surface area contributed by atoms with Gasteiger partial charge in [0.25, 0.3) is 0 Å². The average molecular weight is 256 g/mol. The highest BCUT2D eigenvalue weighted by Gasteiger charge is 2.37. The SMILES string of the molecule is CCC(CCC(C)O)C(C)(C)C1CCC(O)CC1. The van der Waals surface area contributed by atoms with Crippen molar-refractivity contribution in [2.24, 2.45) is 17.3 Å². The molecule has 2 nitrogen and oxygen atoms in total. The Hall–Kier alpha value is -0.0800. The maximum Gasteiger partial charge on any atom is 0.0540 e. The van der Waals surface area contributed by atoms with Gasteiger partial charge < -0.3 is 10.2 Å². The van der Waals surface area contributed by atoms with E-state index >= 15 is 0 Å². The lowest BCUT2D eigenvalue weighted by Gasteiger charge is -2.44. The first-order chi connectivity index (χ1) is 8.37. The topological polar surface area (TPSA) is 40.5 Å². The summed E-state index contributed by atoms with van der Waals surface area (Å²) in [4.78, 5) is 0. The molecule has 0 aliphatic heterocycles. The molecule has 0 aromatic rings. The Morgan fingerprint density at radius 2 is 1.67 bits per heavy atom. The molecule has 1 rings (SSSR count). The zero-order valence-electron chi connectivity index (χ0n) is 12.7. The Morgan fingerprint density at radius 3 is 2.11 bits per heavy atom. The third kappa shape index (κ3) is 4.24. The van der Waals surface area contributed by atoms with Gasteiger partial charge in [-0.25, -0.2) is 0 Å². The van der Waals surface area contributed by atoms with Crippen molar-refractivity contribution in [3.05, 3.63) is 0 Å². The Bertz CT molecular complexity index is 227. The van der Waals surface area contributed by atoms with Gasteiger partial charge in [-0.05, 0) is 62.7 Å². The van der Waals surface area contributed by atoms with Gasteiger partial charge in [-0.15, -0.1) is 0 Å². The van der Waals surface area contributed by atoms with Crippen molar-refractivity contribution in [2.45, 2.75) is 84.8 Å². The zero-order valence-corrected chi connectivity index (χ0v) is 12.7. The zero-order chi connectivity index (χ0) is 13.8. The monoisotopic (exact) mass is 256 g/mol. The molecule has 0 spiro atoms. The van der Waals surface area contributed by atoms with Crippen molar-refractivity contribution in [1.82, 2.24) is 0 Å². The van der Waals surface area contributed by atoms with Crippen LogP contribution < -0.4 is 0 Å². The van der Waals surface area contributed by atoms with E-state index in [2.05, 4.69) is 20.8 Å². The van der Waals surface area contributed by atoms with Gasteiger partial charge in [-0.2, -0.15) is 0 Å². The largest absolute Gasteiger partial charge is 0.393 e. The van der Waals surface area contributed by atoms with E-state index in [0.29, 0.717) is 11.3 Å². The molecule has 0 heterocycles. The molecule has 2 N–H and O–H groups in total. The summed E-state index contributed by atoms with van der Waals surface area (Å²) in [6, 6.07) is 0. The highest BCUT2D eigenvalue weighted by molar-refractivity contribution is 4.88. The minimum atomic E-state index is -0.178. The van der Waals surface area contributed by atoms with E-state index in [1.807, 2.05) is 6.92 Å². The molecule has 0 bridgehead atoms. The van der Waals surface area contributed by atoms with E-state index in [9.17, 15) is 10.2 Å². The second-order valence-corrected chi connectivity index (χ2v) is 6.86. The summed E-state index contributed by atoms with van der Waals surface area (Å²) in [5.74, 6) is 1.42. The van der Waals surface area contributed by atoms with Gasteiger partial charge in [0.15, 0.2) is 0 Å². The van der Waals surface area contributed by atoms with Gasteiger partial charge in [0.2, 0.25) is 0 Å². The van der Waals surface area contributed by atoms with Crippen LogP contribution in [-0.2, 0) is 0 Å². The molecule has 2 heteroatoms. The van der Waals surface area contributed by atoms with E-state index in [1.165, 1.54) is 19.3 Å². The van der Waals surface area contributed by atoms with Crippen molar-refractivity contribution in [1.29, 1.82) is 0 Å². The number of aliphatic hydroxyl groups excluding tert-OH is 2. The molecular weight excluding hydrogens is 224 g/mol. The second kappa shape index (κ2) is 6.91. The highest BCUT2D eigenvalue weighted by Crippen LogP contribution is 2.46.